The fraction of sp³-hybridized carbons (Fsp3) is 0.500. The Labute approximate surface area is 112 Å². The number of carbonyl (C=O) groups is 1. The van der Waals surface area contributed by atoms with E-state index >= 15 is 0 Å². The molecule has 1 aromatic rings. The number of hydrogen-bond donors (Lipinski definition) is 2. The van der Waals surface area contributed by atoms with Crippen LogP contribution in [0.15, 0.2) is 18.2 Å². The van der Waals surface area contributed by atoms with Gasteiger partial charge in [0.25, 0.3) is 5.91 Å². The van der Waals surface area contributed by atoms with Crippen LogP contribution >= 0.6 is 0 Å². The molecule has 1 aromatic carbocycles. The standard InChI is InChI=1S/C14H19FN2O2/c15-11-5-4-6-12(18)13(11)14(19)16-7-10-17-8-2-1-3-9-17/h4-6,18H,1-3,7-10H2,(H,16,19). The largest absolute Gasteiger partial charge is 0.507 e. The highest BCUT2D eigenvalue weighted by Gasteiger charge is 2.16. The van der Waals surface area contributed by atoms with Crippen LogP contribution in [-0.2, 0) is 0 Å². The summed E-state index contributed by atoms with van der Waals surface area (Å²) in [7, 11) is 0. The van der Waals surface area contributed by atoms with Gasteiger partial charge in [0, 0.05) is 13.1 Å². The van der Waals surface area contributed by atoms with Crippen molar-refractivity contribution in [3.8, 4) is 5.75 Å². The van der Waals surface area contributed by atoms with Gasteiger partial charge in [-0.15, -0.1) is 0 Å². The molecule has 0 bridgehead atoms. The second kappa shape index (κ2) is 6.52. The van der Waals surface area contributed by atoms with Gasteiger partial charge in [0.1, 0.15) is 17.1 Å². The normalized spacial score (nSPS) is 16.3. The Morgan fingerprint density at radius 1 is 1.32 bits per heavy atom. The van der Waals surface area contributed by atoms with E-state index in [1.165, 1.54) is 37.5 Å². The molecule has 1 fully saturated rings. The molecule has 0 spiro atoms. The monoisotopic (exact) mass is 266 g/mol. The third-order valence-electron chi connectivity index (χ3n) is 3.38. The molecule has 1 heterocycles. The minimum atomic E-state index is -0.699. The van der Waals surface area contributed by atoms with Crippen molar-refractivity contribution in [3.63, 3.8) is 0 Å². The number of piperidine rings is 1. The van der Waals surface area contributed by atoms with Gasteiger partial charge in [0.05, 0.1) is 0 Å². The first-order valence-electron chi connectivity index (χ1n) is 6.66. The van der Waals surface area contributed by atoms with Gasteiger partial charge < -0.3 is 15.3 Å². The summed E-state index contributed by atoms with van der Waals surface area (Å²) in [6, 6.07) is 3.84. The van der Waals surface area contributed by atoms with E-state index in [0.717, 1.165) is 19.6 Å². The molecular formula is C14H19FN2O2. The topological polar surface area (TPSA) is 52.6 Å². The molecule has 1 amide bonds. The average molecular weight is 266 g/mol. The molecule has 0 saturated carbocycles. The van der Waals surface area contributed by atoms with Gasteiger partial charge in [-0.3, -0.25) is 4.79 Å². The van der Waals surface area contributed by atoms with Crippen molar-refractivity contribution < 1.29 is 14.3 Å². The van der Waals surface area contributed by atoms with Crippen LogP contribution in [0.4, 0.5) is 4.39 Å². The molecular weight excluding hydrogens is 247 g/mol. The zero-order valence-electron chi connectivity index (χ0n) is 10.9. The average Bonchev–Trinajstić information content (AvgIpc) is 2.40. The number of rotatable bonds is 4. The van der Waals surface area contributed by atoms with Crippen molar-refractivity contribution in [3.05, 3.63) is 29.6 Å². The van der Waals surface area contributed by atoms with Crippen LogP contribution in [0.2, 0.25) is 0 Å². The molecule has 1 aliphatic heterocycles. The Bertz CT molecular complexity index is 425. The second-order valence-corrected chi connectivity index (χ2v) is 4.79. The van der Waals surface area contributed by atoms with Crippen molar-refractivity contribution in [1.29, 1.82) is 0 Å². The van der Waals surface area contributed by atoms with Gasteiger partial charge in [-0.2, -0.15) is 0 Å². The third-order valence-corrected chi connectivity index (χ3v) is 3.38. The van der Waals surface area contributed by atoms with E-state index in [1.54, 1.807) is 0 Å². The van der Waals surface area contributed by atoms with Crippen LogP contribution in [0.3, 0.4) is 0 Å². The first kappa shape index (κ1) is 13.8. The maximum atomic E-state index is 13.5. The molecule has 0 atom stereocenters. The zero-order valence-corrected chi connectivity index (χ0v) is 10.9. The van der Waals surface area contributed by atoms with Crippen molar-refractivity contribution in [2.24, 2.45) is 0 Å². The first-order valence-corrected chi connectivity index (χ1v) is 6.66. The lowest BCUT2D eigenvalue weighted by Gasteiger charge is -2.26. The van der Waals surface area contributed by atoms with Crippen molar-refractivity contribution in [2.45, 2.75) is 19.3 Å². The van der Waals surface area contributed by atoms with Crippen LogP contribution in [0.1, 0.15) is 29.6 Å². The van der Waals surface area contributed by atoms with E-state index in [0.29, 0.717) is 6.54 Å². The number of phenolic OH excluding ortho intramolecular Hbond substituents is 1. The van der Waals surface area contributed by atoms with Gasteiger partial charge in [-0.1, -0.05) is 12.5 Å². The molecule has 5 heteroatoms. The minimum absolute atomic E-state index is 0.277. The summed E-state index contributed by atoms with van der Waals surface area (Å²) in [5, 5.41) is 12.1. The molecule has 1 saturated heterocycles. The smallest absolute Gasteiger partial charge is 0.258 e. The van der Waals surface area contributed by atoms with Crippen molar-refractivity contribution in [2.75, 3.05) is 26.2 Å². The molecule has 2 N–H and O–H groups in total. The molecule has 0 unspecified atom stereocenters. The minimum Gasteiger partial charge on any atom is -0.507 e. The SMILES string of the molecule is O=C(NCCN1CCCCC1)c1c(O)cccc1F. The Kier molecular flexibility index (Phi) is 4.74. The summed E-state index contributed by atoms with van der Waals surface area (Å²) in [6.07, 6.45) is 3.66. The Morgan fingerprint density at radius 2 is 2.05 bits per heavy atom. The van der Waals surface area contributed by atoms with Gasteiger partial charge in [0.2, 0.25) is 0 Å². The molecule has 0 aliphatic carbocycles. The van der Waals surface area contributed by atoms with E-state index in [9.17, 15) is 14.3 Å². The Morgan fingerprint density at radius 3 is 2.74 bits per heavy atom. The fourth-order valence-electron chi connectivity index (χ4n) is 2.34. The second-order valence-electron chi connectivity index (χ2n) is 4.79. The number of nitrogens with zero attached hydrogens (tertiary/aromatic N) is 1. The number of aromatic hydroxyl groups is 1. The zero-order chi connectivity index (χ0) is 13.7. The number of phenols is 1. The molecule has 104 valence electrons. The van der Waals surface area contributed by atoms with Gasteiger partial charge >= 0.3 is 0 Å². The molecule has 4 nitrogen and oxygen atoms in total. The van der Waals surface area contributed by atoms with Crippen molar-refractivity contribution in [1.82, 2.24) is 10.2 Å². The third kappa shape index (κ3) is 3.67. The van der Waals surface area contributed by atoms with Gasteiger partial charge in [-0.05, 0) is 38.1 Å². The van der Waals surface area contributed by atoms with Gasteiger partial charge in [-0.25, -0.2) is 4.39 Å². The van der Waals surface area contributed by atoms with E-state index < -0.39 is 11.7 Å². The maximum absolute atomic E-state index is 13.5. The van der Waals surface area contributed by atoms with E-state index in [1.807, 2.05) is 0 Å². The quantitative estimate of drug-likeness (QED) is 0.873. The molecule has 1 aliphatic rings. The summed E-state index contributed by atoms with van der Waals surface area (Å²) >= 11 is 0. The highest BCUT2D eigenvalue weighted by molar-refractivity contribution is 5.97. The molecule has 0 aromatic heterocycles. The summed E-state index contributed by atoms with van der Waals surface area (Å²) in [6.45, 7) is 3.34. The van der Waals surface area contributed by atoms with Crippen LogP contribution in [0.5, 0.6) is 5.75 Å². The number of hydrogen-bond acceptors (Lipinski definition) is 3. The molecule has 19 heavy (non-hydrogen) atoms. The lowest BCUT2D eigenvalue weighted by atomic mass is 10.1. The van der Waals surface area contributed by atoms with E-state index in [2.05, 4.69) is 10.2 Å². The fourth-order valence-corrected chi connectivity index (χ4v) is 2.34. The summed E-state index contributed by atoms with van der Waals surface area (Å²) in [4.78, 5) is 14.1. The van der Waals surface area contributed by atoms with E-state index in [4.69, 9.17) is 0 Å². The first-order chi connectivity index (χ1) is 9.18. The highest BCUT2D eigenvalue weighted by Crippen LogP contribution is 2.19. The summed E-state index contributed by atoms with van der Waals surface area (Å²) in [5.74, 6) is -1.58. The number of likely N-dealkylation sites (tertiary alicyclic amines) is 1. The number of halogens is 1. The van der Waals surface area contributed by atoms with Gasteiger partial charge in [0.15, 0.2) is 0 Å². The van der Waals surface area contributed by atoms with Crippen LogP contribution < -0.4 is 5.32 Å². The lowest BCUT2D eigenvalue weighted by molar-refractivity contribution is 0.0939. The predicted octanol–water partition coefficient (Wildman–Crippen LogP) is 1.75. The number of nitrogens with one attached hydrogen (secondary N) is 1. The predicted molar refractivity (Wildman–Crippen MR) is 70.7 cm³/mol. The van der Waals surface area contributed by atoms with E-state index in [-0.39, 0.29) is 11.3 Å². The Balaban J connectivity index is 1.84. The van der Waals surface area contributed by atoms with Crippen LogP contribution in [0.25, 0.3) is 0 Å². The number of amides is 1. The Hall–Kier alpha value is -1.62. The van der Waals surface area contributed by atoms with Crippen molar-refractivity contribution >= 4 is 5.91 Å². The molecule has 2 rings (SSSR count). The summed E-state index contributed by atoms with van der Waals surface area (Å²) in [5.41, 5.74) is -0.277. The number of benzene rings is 1. The number of carbonyl (C=O) groups excluding carboxylic acids is 1. The summed E-state index contributed by atoms with van der Waals surface area (Å²) < 4.78 is 13.5. The van der Waals surface area contributed by atoms with Crippen LogP contribution in [0, 0.1) is 5.82 Å². The maximum Gasteiger partial charge on any atom is 0.258 e. The molecule has 0 radical (unpaired) electrons. The highest BCUT2D eigenvalue weighted by atomic mass is 19.1. The van der Waals surface area contributed by atoms with Crippen LogP contribution in [-0.4, -0.2) is 42.1 Å². The lowest BCUT2D eigenvalue weighted by Crippen LogP contribution is -2.37.